The number of esters is 1. The third kappa shape index (κ3) is 3.99. The molecule has 8 nitrogen and oxygen atoms in total. The van der Waals surface area contributed by atoms with Crippen LogP contribution in [0.2, 0.25) is 0 Å². The fourth-order valence-electron chi connectivity index (χ4n) is 2.63. The van der Waals surface area contributed by atoms with Gasteiger partial charge in [-0.1, -0.05) is 6.07 Å². The van der Waals surface area contributed by atoms with Crippen LogP contribution < -0.4 is 20.5 Å². The number of fused-ring (bicyclic) bond motifs is 1. The van der Waals surface area contributed by atoms with Gasteiger partial charge in [0.05, 0.1) is 12.2 Å². The molecule has 28 heavy (non-hydrogen) atoms. The summed E-state index contributed by atoms with van der Waals surface area (Å²) < 4.78 is 15.5. The Hall–Kier alpha value is -3.33. The molecule has 0 fully saturated rings. The van der Waals surface area contributed by atoms with Crippen LogP contribution in [0.3, 0.4) is 0 Å². The number of thiophene rings is 1. The van der Waals surface area contributed by atoms with Crippen molar-refractivity contribution in [2.24, 2.45) is 5.73 Å². The number of rotatable bonds is 6. The quantitative estimate of drug-likeness (QED) is 0.567. The molecule has 2 aromatic rings. The first-order valence-electron chi connectivity index (χ1n) is 8.39. The number of nitrogens with two attached hydrogens (primary N) is 1. The molecule has 9 heteroatoms. The van der Waals surface area contributed by atoms with Crippen molar-refractivity contribution in [3.8, 4) is 11.5 Å². The Labute approximate surface area is 164 Å². The van der Waals surface area contributed by atoms with Crippen molar-refractivity contribution in [1.29, 1.82) is 0 Å². The molecule has 0 saturated heterocycles. The highest BCUT2D eigenvalue weighted by Crippen LogP contribution is 2.34. The van der Waals surface area contributed by atoms with Crippen LogP contribution >= 0.6 is 11.3 Å². The molecule has 0 radical (unpaired) electrons. The average molecular weight is 402 g/mol. The fraction of sp³-hybridized carbons (Fsp3) is 0.211. The Bertz CT molecular complexity index is 979. The maximum atomic E-state index is 12.3. The SMILES string of the molecule is CCOC(=O)c1sc(NC(=O)C=Cc2ccc3c(c2)OCO3)c(C(N)=O)c1C. The maximum absolute atomic E-state index is 12.3. The van der Waals surface area contributed by atoms with Gasteiger partial charge < -0.3 is 25.3 Å². The predicted molar refractivity (Wildman–Crippen MR) is 104 cm³/mol. The fourth-order valence-corrected chi connectivity index (χ4v) is 3.74. The molecule has 1 aromatic heterocycles. The summed E-state index contributed by atoms with van der Waals surface area (Å²) in [5.74, 6) is -0.528. The Balaban J connectivity index is 1.78. The summed E-state index contributed by atoms with van der Waals surface area (Å²) in [5, 5.41) is 2.80. The van der Waals surface area contributed by atoms with E-state index in [4.69, 9.17) is 19.9 Å². The first kappa shape index (κ1) is 19.4. The van der Waals surface area contributed by atoms with E-state index in [2.05, 4.69) is 5.32 Å². The van der Waals surface area contributed by atoms with E-state index in [1.165, 1.54) is 6.08 Å². The van der Waals surface area contributed by atoms with Crippen LogP contribution in [0.25, 0.3) is 6.08 Å². The largest absolute Gasteiger partial charge is 0.462 e. The number of hydrogen-bond acceptors (Lipinski definition) is 7. The Kier molecular flexibility index (Phi) is 5.65. The van der Waals surface area contributed by atoms with Gasteiger partial charge in [-0.15, -0.1) is 11.3 Å². The summed E-state index contributed by atoms with van der Waals surface area (Å²) in [5.41, 5.74) is 6.63. The van der Waals surface area contributed by atoms with Crippen molar-refractivity contribution in [1.82, 2.24) is 0 Å². The Morgan fingerprint density at radius 3 is 2.75 bits per heavy atom. The zero-order chi connectivity index (χ0) is 20.3. The van der Waals surface area contributed by atoms with Crippen molar-refractivity contribution >= 4 is 40.2 Å². The lowest BCUT2D eigenvalue weighted by Crippen LogP contribution is -2.16. The van der Waals surface area contributed by atoms with Gasteiger partial charge in [-0.2, -0.15) is 0 Å². The third-order valence-electron chi connectivity index (χ3n) is 3.91. The van der Waals surface area contributed by atoms with Crippen molar-refractivity contribution in [3.05, 3.63) is 45.8 Å². The summed E-state index contributed by atoms with van der Waals surface area (Å²) >= 11 is 0.951. The van der Waals surface area contributed by atoms with E-state index in [-0.39, 0.29) is 28.8 Å². The van der Waals surface area contributed by atoms with Crippen LogP contribution in [0.5, 0.6) is 11.5 Å². The van der Waals surface area contributed by atoms with Crippen LogP contribution in [0.15, 0.2) is 24.3 Å². The monoisotopic (exact) mass is 402 g/mol. The molecule has 0 aliphatic carbocycles. The van der Waals surface area contributed by atoms with E-state index in [1.54, 1.807) is 38.1 Å². The first-order valence-corrected chi connectivity index (χ1v) is 9.21. The molecule has 1 aliphatic heterocycles. The number of benzene rings is 1. The Morgan fingerprint density at radius 1 is 1.29 bits per heavy atom. The number of carbonyl (C=O) groups is 3. The minimum Gasteiger partial charge on any atom is -0.462 e. The summed E-state index contributed by atoms with van der Waals surface area (Å²) in [4.78, 5) is 36.3. The van der Waals surface area contributed by atoms with Crippen LogP contribution in [0, 0.1) is 6.92 Å². The van der Waals surface area contributed by atoms with E-state index >= 15 is 0 Å². The lowest BCUT2D eigenvalue weighted by atomic mass is 10.1. The number of amides is 2. The van der Waals surface area contributed by atoms with Gasteiger partial charge in [0.2, 0.25) is 12.7 Å². The average Bonchev–Trinajstić information content (AvgIpc) is 3.23. The normalized spacial score (nSPS) is 12.2. The molecule has 0 spiro atoms. The molecule has 146 valence electrons. The molecule has 0 saturated carbocycles. The summed E-state index contributed by atoms with van der Waals surface area (Å²) in [7, 11) is 0. The number of ether oxygens (including phenoxy) is 3. The smallest absolute Gasteiger partial charge is 0.348 e. The lowest BCUT2D eigenvalue weighted by molar-refractivity contribution is -0.111. The van der Waals surface area contributed by atoms with Gasteiger partial charge in [0.1, 0.15) is 9.88 Å². The van der Waals surface area contributed by atoms with Crippen LogP contribution in [-0.2, 0) is 9.53 Å². The number of nitrogens with one attached hydrogen (secondary N) is 1. The molecule has 0 atom stereocenters. The lowest BCUT2D eigenvalue weighted by Gasteiger charge is -2.02. The number of carbonyl (C=O) groups excluding carboxylic acids is 3. The van der Waals surface area contributed by atoms with Crippen LogP contribution in [0.1, 0.15) is 38.1 Å². The molecular formula is C19H18N2O6S. The minimum absolute atomic E-state index is 0.0953. The molecule has 2 amide bonds. The molecule has 1 aromatic carbocycles. The van der Waals surface area contributed by atoms with Crippen LogP contribution in [-0.4, -0.2) is 31.2 Å². The zero-order valence-corrected chi connectivity index (χ0v) is 16.1. The van der Waals surface area contributed by atoms with E-state index in [0.717, 1.165) is 16.9 Å². The number of primary amides is 1. The van der Waals surface area contributed by atoms with Gasteiger partial charge in [0.25, 0.3) is 5.91 Å². The van der Waals surface area contributed by atoms with E-state index in [1.807, 2.05) is 0 Å². The van der Waals surface area contributed by atoms with E-state index < -0.39 is 17.8 Å². The maximum Gasteiger partial charge on any atom is 0.348 e. The van der Waals surface area contributed by atoms with Gasteiger partial charge in [-0.25, -0.2) is 4.79 Å². The molecule has 3 rings (SSSR count). The minimum atomic E-state index is -0.737. The summed E-state index contributed by atoms with van der Waals surface area (Å²) in [6, 6.07) is 5.27. The molecule has 1 aliphatic rings. The number of anilines is 1. The molecule has 0 unspecified atom stereocenters. The van der Waals surface area contributed by atoms with Crippen molar-refractivity contribution in [2.45, 2.75) is 13.8 Å². The van der Waals surface area contributed by atoms with Crippen molar-refractivity contribution in [2.75, 3.05) is 18.7 Å². The topological polar surface area (TPSA) is 117 Å². The highest BCUT2D eigenvalue weighted by Gasteiger charge is 2.24. The highest BCUT2D eigenvalue weighted by molar-refractivity contribution is 7.18. The third-order valence-corrected chi connectivity index (χ3v) is 5.10. The van der Waals surface area contributed by atoms with Crippen molar-refractivity contribution in [3.63, 3.8) is 0 Å². The van der Waals surface area contributed by atoms with Gasteiger partial charge in [-0.3, -0.25) is 9.59 Å². The zero-order valence-electron chi connectivity index (χ0n) is 15.2. The van der Waals surface area contributed by atoms with Gasteiger partial charge in [-0.05, 0) is 43.2 Å². The molecular weight excluding hydrogens is 384 g/mol. The molecule has 3 N–H and O–H groups in total. The van der Waals surface area contributed by atoms with E-state index in [0.29, 0.717) is 17.1 Å². The van der Waals surface area contributed by atoms with Gasteiger partial charge in [0, 0.05) is 6.08 Å². The van der Waals surface area contributed by atoms with E-state index in [9.17, 15) is 14.4 Å². The summed E-state index contributed by atoms with van der Waals surface area (Å²) in [6.07, 6.45) is 2.90. The van der Waals surface area contributed by atoms with Crippen LogP contribution in [0.4, 0.5) is 5.00 Å². The predicted octanol–water partition coefficient (Wildman–Crippen LogP) is 2.71. The molecule has 2 heterocycles. The second-order valence-corrected chi connectivity index (χ2v) is 6.80. The molecule has 0 bridgehead atoms. The standard InChI is InChI=1S/C19H18N2O6S/c1-3-25-19(24)16-10(2)15(17(20)23)18(28-16)21-14(22)7-5-11-4-6-12-13(8-11)27-9-26-12/h4-8H,3,9H2,1-2H3,(H2,20,23)(H,21,22). The second-order valence-electron chi connectivity index (χ2n) is 5.78. The van der Waals surface area contributed by atoms with Crippen molar-refractivity contribution < 1.29 is 28.6 Å². The number of hydrogen-bond donors (Lipinski definition) is 2. The first-order chi connectivity index (χ1) is 13.4. The highest BCUT2D eigenvalue weighted by atomic mass is 32.1. The van der Waals surface area contributed by atoms with Gasteiger partial charge in [0.15, 0.2) is 11.5 Å². The van der Waals surface area contributed by atoms with Gasteiger partial charge >= 0.3 is 5.97 Å². The summed E-state index contributed by atoms with van der Waals surface area (Å²) in [6.45, 7) is 3.63. The second kappa shape index (κ2) is 8.13. The Morgan fingerprint density at radius 2 is 2.04 bits per heavy atom.